The molecule has 0 bridgehead atoms. The van der Waals surface area contributed by atoms with Crippen LogP contribution in [0.1, 0.15) is 37.8 Å². The summed E-state index contributed by atoms with van der Waals surface area (Å²) in [6.45, 7) is 5.65. The van der Waals surface area contributed by atoms with Gasteiger partial charge >= 0.3 is 6.03 Å². The van der Waals surface area contributed by atoms with Crippen LogP contribution in [0.2, 0.25) is 0 Å². The van der Waals surface area contributed by atoms with Crippen molar-refractivity contribution in [1.29, 1.82) is 0 Å². The van der Waals surface area contributed by atoms with E-state index in [0.29, 0.717) is 47.7 Å². The molecule has 2 heterocycles. The first-order valence-electron chi connectivity index (χ1n) is 8.68. The number of nitro benzene ring substituents is 1. The molecule has 0 aromatic heterocycles. The zero-order chi connectivity index (χ0) is 19.9. The molecule has 1 aromatic carbocycles. The first kappa shape index (κ1) is 18.7. The molecule has 1 aromatic rings. The number of carbonyl (C=O) groups is 2. The number of rotatable bonds is 3. The van der Waals surface area contributed by atoms with Gasteiger partial charge in [-0.3, -0.25) is 14.9 Å². The van der Waals surface area contributed by atoms with Gasteiger partial charge in [0.05, 0.1) is 21.9 Å². The molecule has 2 aliphatic heterocycles. The van der Waals surface area contributed by atoms with Gasteiger partial charge in [0, 0.05) is 31.6 Å². The van der Waals surface area contributed by atoms with Crippen LogP contribution in [0.3, 0.4) is 0 Å². The van der Waals surface area contributed by atoms with E-state index >= 15 is 0 Å². The first-order chi connectivity index (χ1) is 12.7. The number of urea groups is 1. The number of hydrogen-bond acceptors (Lipinski definition) is 5. The van der Waals surface area contributed by atoms with Gasteiger partial charge in [0.15, 0.2) is 0 Å². The summed E-state index contributed by atoms with van der Waals surface area (Å²) >= 11 is 0. The van der Waals surface area contributed by atoms with Crippen LogP contribution in [-0.2, 0) is 4.79 Å². The summed E-state index contributed by atoms with van der Waals surface area (Å²) < 4.78 is 6.06. The monoisotopic (exact) mass is 374 g/mol. The minimum absolute atomic E-state index is 0.0690. The predicted molar refractivity (Wildman–Crippen MR) is 98.0 cm³/mol. The number of nitro groups is 1. The second-order valence-corrected chi connectivity index (χ2v) is 7.03. The first-order valence-corrected chi connectivity index (χ1v) is 8.68. The third-order valence-corrected chi connectivity index (χ3v) is 4.84. The number of nitrogens with one attached hydrogen (secondary N) is 2. The van der Waals surface area contributed by atoms with E-state index in [1.54, 1.807) is 31.7 Å². The maximum atomic E-state index is 12.5. The normalized spacial score (nSPS) is 18.1. The fourth-order valence-corrected chi connectivity index (χ4v) is 3.53. The maximum absolute atomic E-state index is 12.5. The van der Waals surface area contributed by atoms with Crippen LogP contribution in [0, 0.1) is 17.0 Å². The molecular weight excluding hydrogens is 352 g/mol. The highest BCUT2D eigenvalue weighted by Gasteiger charge is 2.42. The van der Waals surface area contributed by atoms with E-state index in [1.807, 2.05) is 0 Å². The van der Waals surface area contributed by atoms with Crippen molar-refractivity contribution in [3.8, 4) is 5.75 Å². The fourth-order valence-electron chi connectivity index (χ4n) is 3.53. The van der Waals surface area contributed by atoms with Crippen LogP contribution < -0.4 is 15.4 Å². The molecule has 2 N–H and O–H groups in total. The van der Waals surface area contributed by atoms with Crippen LogP contribution in [-0.4, -0.2) is 41.0 Å². The number of likely N-dealkylation sites (tertiary alicyclic amines) is 1. The molecule has 9 nitrogen and oxygen atoms in total. The summed E-state index contributed by atoms with van der Waals surface area (Å²) in [5.41, 5.74) is 0.701. The lowest BCUT2D eigenvalue weighted by Gasteiger charge is -2.39. The van der Waals surface area contributed by atoms with Gasteiger partial charge in [0.1, 0.15) is 11.4 Å². The molecule has 0 unspecified atom stereocenters. The van der Waals surface area contributed by atoms with E-state index in [-0.39, 0.29) is 11.6 Å². The number of hydrogen-bond donors (Lipinski definition) is 2. The Morgan fingerprint density at radius 1 is 1.37 bits per heavy atom. The molecule has 0 spiro atoms. The van der Waals surface area contributed by atoms with Crippen molar-refractivity contribution in [2.75, 3.05) is 13.6 Å². The zero-order valence-electron chi connectivity index (χ0n) is 15.7. The number of carbonyl (C=O) groups excluding carboxylic acids is 2. The molecular formula is C18H22N4O5. The third kappa shape index (κ3) is 3.09. The topological polar surface area (TPSA) is 114 Å². The minimum atomic E-state index is -0.944. The number of fused-ring (bicyclic) bond motifs is 1. The van der Waals surface area contributed by atoms with Gasteiger partial charge in [-0.25, -0.2) is 4.79 Å². The Labute approximate surface area is 156 Å². The predicted octanol–water partition coefficient (Wildman–Crippen LogP) is 2.29. The minimum Gasteiger partial charge on any atom is -0.481 e. The van der Waals surface area contributed by atoms with Gasteiger partial charge in [0.2, 0.25) is 5.91 Å². The molecule has 2 aliphatic rings. The van der Waals surface area contributed by atoms with Crippen LogP contribution in [0.5, 0.6) is 5.75 Å². The van der Waals surface area contributed by atoms with Crippen molar-refractivity contribution in [3.63, 3.8) is 0 Å². The Hall–Kier alpha value is -3.10. The quantitative estimate of drug-likeness (QED) is 0.622. The summed E-state index contributed by atoms with van der Waals surface area (Å²) in [6, 6.07) is 2.47. The van der Waals surface area contributed by atoms with Crippen LogP contribution in [0.15, 0.2) is 17.8 Å². The van der Waals surface area contributed by atoms with E-state index < -0.39 is 16.6 Å². The highest BCUT2D eigenvalue weighted by molar-refractivity contribution is 5.94. The highest BCUT2D eigenvalue weighted by atomic mass is 16.6. The Morgan fingerprint density at radius 2 is 2.07 bits per heavy atom. The Bertz CT molecular complexity index is 875. The van der Waals surface area contributed by atoms with Crippen molar-refractivity contribution < 1.29 is 19.2 Å². The number of ether oxygens (including phenoxy) is 1. The van der Waals surface area contributed by atoms with Crippen molar-refractivity contribution in [3.05, 3.63) is 39.1 Å². The molecule has 0 saturated carbocycles. The third-order valence-electron chi connectivity index (χ3n) is 4.84. The van der Waals surface area contributed by atoms with E-state index in [0.717, 1.165) is 0 Å². The maximum Gasteiger partial charge on any atom is 0.318 e. The lowest BCUT2D eigenvalue weighted by Crippen LogP contribution is -2.48. The summed E-state index contributed by atoms with van der Waals surface area (Å²) in [5, 5.41) is 16.7. The number of benzene rings is 1. The lowest BCUT2D eigenvalue weighted by molar-refractivity contribution is -0.385. The Balaban J connectivity index is 2.32. The Kier molecular flexibility index (Phi) is 4.54. The van der Waals surface area contributed by atoms with Crippen molar-refractivity contribution in [1.82, 2.24) is 15.5 Å². The van der Waals surface area contributed by atoms with Crippen molar-refractivity contribution >= 4 is 23.3 Å². The van der Waals surface area contributed by atoms with Gasteiger partial charge in [-0.15, -0.1) is 0 Å². The summed E-state index contributed by atoms with van der Waals surface area (Å²) in [5.74, 6) is 0.357. The highest BCUT2D eigenvalue weighted by Crippen LogP contribution is 2.46. The summed E-state index contributed by atoms with van der Waals surface area (Å²) in [7, 11) is 1.48. The molecule has 0 aliphatic carbocycles. The summed E-state index contributed by atoms with van der Waals surface area (Å²) in [6.07, 6.45) is 1.07. The molecule has 1 saturated heterocycles. The average molecular weight is 374 g/mol. The van der Waals surface area contributed by atoms with E-state index in [2.05, 4.69) is 10.6 Å². The SMILES string of the molecule is CNC(=O)NC1=C(N2CCCC2=O)c2c(ccc([N+](=O)[O-])c2C)OC1(C)C. The number of nitrogens with zero attached hydrogens (tertiary/aromatic N) is 2. The van der Waals surface area contributed by atoms with E-state index in [1.165, 1.54) is 13.1 Å². The molecule has 27 heavy (non-hydrogen) atoms. The number of amides is 3. The van der Waals surface area contributed by atoms with Crippen LogP contribution in [0.25, 0.3) is 5.70 Å². The van der Waals surface area contributed by atoms with Gasteiger partial charge in [-0.05, 0) is 33.3 Å². The van der Waals surface area contributed by atoms with E-state index in [9.17, 15) is 19.7 Å². The molecule has 9 heteroatoms. The largest absolute Gasteiger partial charge is 0.481 e. The summed E-state index contributed by atoms with van der Waals surface area (Å²) in [4.78, 5) is 37.1. The van der Waals surface area contributed by atoms with Gasteiger partial charge < -0.3 is 20.3 Å². The average Bonchev–Trinajstić information content (AvgIpc) is 3.01. The molecule has 0 radical (unpaired) electrons. The van der Waals surface area contributed by atoms with Gasteiger partial charge in [-0.2, -0.15) is 0 Å². The van der Waals surface area contributed by atoms with Gasteiger partial charge in [0.25, 0.3) is 5.69 Å². The Morgan fingerprint density at radius 3 is 2.63 bits per heavy atom. The van der Waals surface area contributed by atoms with Crippen LogP contribution in [0.4, 0.5) is 10.5 Å². The van der Waals surface area contributed by atoms with Crippen molar-refractivity contribution in [2.24, 2.45) is 0 Å². The lowest BCUT2D eigenvalue weighted by atomic mass is 9.91. The molecule has 3 rings (SSSR count). The molecule has 0 atom stereocenters. The molecule has 3 amide bonds. The zero-order valence-corrected chi connectivity index (χ0v) is 15.7. The standard InChI is InChI=1S/C18H22N4O5/c1-10-11(22(25)26)7-8-12-14(10)15(21-9-5-6-13(21)23)16(18(2,3)27-12)20-17(24)19-4/h7-8H,5-6,9H2,1-4H3,(H2,19,20,24). The molecule has 144 valence electrons. The fraction of sp³-hybridized carbons (Fsp3) is 0.444. The van der Waals surface area contributed by atoms with E-state index in [4.69, 9.17) is 4.74 Å². The second-order valence-electron chi connectivity index (χ2n) is 7.03. The smallest absolute Gasteiger partial charge is 0.318 e. The molecule has 1 fully saturated rings. The second kappa shape index (κ2) is 6.57. The van der Waals surface area contributed by atoms with Crippen LogP contribution >= 0.6 is 0 Å². The van der Waals surface area contributed by atoms with Crippen molar-refractivity contribution in [2.45, 2.75) is 39.2 Å². The van der Waals surface area contributed by atoms with Gasteiger partial charge in [-0.1, -0.05) is 0 Å².